The van der Waals surface area contributed by atoms with Crippen LogP contribution in [0.25, 0.3) is 0 Å². The predicted molar refractivity (Wildman–Crippen MR) is 133 cm³/mol. The summed E-state index contributed by atoms with van der Waals surface area (Å²) in [5.74, 6) is -5.59. The van der Waals surface area contributed by atoms with Gasteiger partial charge in [-0.1, -0.05) is 50.6 Å². The molecule has 0 heterocycles. The number of carbonyl (C=O) groups is 6. The van der Waals surface area contributed by atoms with Crippen molar-refractivity contribution in [3.8, 4) is 0 Å². The second-order valence-electron chi connectivity index (χ2n) is 8.80. The van der Waals surface area contributed by atoms with E-state index in [-0.39, 0.29) is 25.2 Å². The van der Waals surface area contributed by atoms with E-state index in [2.05, 4.69) is 16.0 Å². The zero-order valence-electron chi connectivity index (χ0n) is 20.9. The van der Waals surface area contributed by atoms with E-state index in [0.717, 1.165) is 0 Å². The van der Waals surface area contributed by atoms with Crippen LogP contribution in [-0.2, 0) is 35.2 Å². The van der Waals surface area contributed by atoms with Gasteiger partial charge in [-0.05, 0) is 17.9 Å². The number of nitrogens with one attached hydrogen (secondary N) is 3. The van der Waals surface area contributed by atoms with Gasteiger partial charge >= 0.3 is 5.97 Å². The molecule has 0 aliphatic rings. The van der Waals surface area contributed by atoms with Gasteiger partial charge in [-0.3, -0.25) is 24.0 Å². The molecule has 0 aromatic heterocycles. The van der Waals surface area contributed by atoms with Crippen molar-refractivity contribution in [1.29, 1.82) is 0 Å². The van der Waals surface area contributed by atoms with Crippen molar-refractivity contribution in [1.82, 2.24) is 16.0 Å². The van der Waals surface area contributed by atoms with Gasteiger partial charge in [0.05, 0.1) is 12.5 Å². The van der Waals surface area contributed by atoms with Gasteiger partial charge in [0, 0.05) is 12.8 Å². The van der Waals surface area contributed by atoms with Crippen LogP contribution in [0.2, 0.25) is 0 Å². The molecule has 0 bridgehead atoms. The maximum absolute atomic E-state index is 13.3. The van der Waals surface area contributed by atoms with Crippen LogP contribution in [0.15, 0.2) is 30.3 Å². The van der Waals surface area contributed by atoms with Gasteiger partial charge in [0.2, 0.25) is 29.5 Å². The Labute approximate surface area is 214 Å². The minimum Gasteiger partial charge on any atom is -0.480 e. The Morgan fingerprint density at radius 1 is 0.865 bits per heavy atom. The van der Waals surface area contributed by atoms with E-state index in [1.165, 1.54) is 0 Å². The van der Waals surface area contributed by atoms with Crippen LogP contribution < -0.4 is 33.2 Å². The monoisotopic (exact) mass is 520 g/mol. The van der Waals surface area contributed by atoms with Crippen molar-refractivity contribution in [2.45, 2.75) is 70.1 Å². The maximum atomic E-state index is 13.3. The second-order valence-corrected chi connectivity index (χ2v) is 8.80. The highest BCUT2D eigenvalue weighted by Gasteiger charge is 2.33. The van der Waals surface area contributed by atoms with Crippen molar-refractivity contribution in [2.75, 3.05) is 0 Å². The van der Waals surface area contributed by atoms with E-state index in [0.29, 0.717) is 12.0 Å². The zero-order valence-corrected chi connectivity index (χ0v) is 20.9. The third-order valence-corrected chi connectivity index (χ3v) is 5.77. The normalized spacial score (nSPS) is 14.8. The first-order valence-electron chi connectivity index (χ1n) is 11.9. The highest BCUT2D eigenvalue weighted by atomic mass is 16.4. The van der Waals surface area contributed by atoms with Crippen molar-refractivity contribution in [3.63, 3.8) is 0 Å². The number of carboxylic acids is 1. The molecule has 10 N–H and O–H groups in total. The van der Waals surface area contributed by atoms with Crippen LogP contribution in [0, 0.1) is 5.92 Å². The third-order valence-electron chi connectivity index (χ3n) is 5.77. The highest BCUT2D eigenvalue weighted by Crippen LogP contribution is 2.11. The molecule has 0 fully saturated rings. The summed E-state index contributed by atoms with van der Waals surface area (Å²) in [6, 6.07) is 3.67. The number of carbonyl (C=O) groups excluding carboxylic acids is 5. The van der Waals surface area contributed by atoms with E-state index >= 15 is 0 Å². The van der Waals surface area contributed by atoms with Gasteiger partial charge in [-0.2, -0.15) is 0 Å². The number of carboxylic acid groups (broad SMARTS) is 1. The van der Waals surface area contributed by atoms with Crippen molar-refractivity contribution >= 4 is 35.5 Å². The minimum absolute atomic E-state index is 0.000617. The van der Waals surface area contributed by atoms with E-state index in [4.69, 9.17) is 17.2 Å². The summed E-state index contributed by atoms with van der Waals surface area (Å²) in [4.78, 5) is 72.6. The lowest BCUT2D eigenvalue weighted by atomic mass is 9.96. The molecule has 0 spiro atoms. The van der Waals surface area contributed by atoms with Gasteiger partial charge in [0.25, 0.3) is 0 Å². The number of aliphatic carboxylic acids is 1. The first-order chi connectivity index (χ1) is 17.3. The molecule has 5 amide bonds. The maximum Gasteiger partial charge on any atom is 0.326 e. The fourth-order valence-corrected chi connectivity index (χ4v) is 3.39. The van der Waals surface area contributed by atoms with Crippen LogP contribution >= 0.6 is 0 Å². The van der Waals surface area contributed by atoms with E-state index in [1.54, 1.807) is 44.2 Å². The Morgan fingerprint density at radius 2 is 1.46 bits per heavy atom. The smallest absolute Gasteiger partial charge is 0.326 e. The summed E-state index contributed by atoms with van der Waals surface area (Å²) < 4.78 is 0. The quantitative estimate of drug-likeness (QED) is 0.132. The number of rotatable bonds is 16. The van der Waals surface area contributed by atoms with Crippen LogP contribution in [0.5, 0.6) is 0 Å². The fourth-order valence-electron chi connectivity index (χ4n) is 3.39. The molecule has 5 atom stereocenters. The lowest BCUT2D eigenvalue weighted by Gasteiger charge is -2.28. The summed E-state index contributed by atoms with van der Waals surface area (Å²) in [5.41, 5.74) is 16.7. The van der Waals surface area contributed by atoms with Crippen molar-refractivity contribution < 1.29 is 33.9 Å². The Hall–Kier alpha value is -4.00. The van der Waals surface area contributed by atoms with Crippen LogP contribution in [0.1, 0.15) is 45.1 Å². The molecule has 37 heavy (non-hydrogen) atoms. The third kappa shape index (κ3) is 11.1. The standard InChI is InChI=1S/C24H36N6O7/c1-3-13(2)20(30-21(33)15(25)9-10-18(26)31)23(35)28-16(11-14-7-5-4-6-8-14)22(34)29-17(24(36)37)12-19(27)32/h4-8,13,15-17,20H,3,9-12,25H2,1-2H3,(H2,26,31)(H2,27,32)(H,28,35)(H,29,34)(H,30,33)(H,36,37). The summed E-state index contributed by atoms with van der Waals surface area (Å²) >= 11 is 0. The van der Waals surface area contributed by atoms with Gasteiger partial charge in [-0.25, -0.2) is 4.79 Å². The number of hydrogen-bond donors (Lipinski definition) is 7. The number of nitrogens with two attached hydrogens (primary N) is 3. The lowest BCUT2D eigenvalue weighted by molar-refractivity contribution is -0.143. The van der Waals surface area contributed by atoms with E-state index in [1.807, 2.05) is 0 Å². The number of primary amides is 2. The number of benzene rings is 1. The summed E-state index contributed by atoms with van der Waals surface area (Å²) in [6.45, 7) is 3.53. The van der Waals surface area contributed by atoms with Crippen LogP contribution in [-0.4, -0.2) is 64.8 Å². The Bertz CT molecular complexity index is 972. The second kappa shape index (κ2) is 15.2. The zero-order chi connectivity index (χ0) is 28.1. The molecule has 5 unspecified atom stereocenters. The molecule has 13 nitrogen and oxygen atoms in total. The lowest BCUT2D eigenvalue weighted by Crippen LogP contribution is -2.59. The van der Waals surface area contributed by atoms with Crippen molar-refractivity contribution in [3.05, 3.63) is 35.9 Å². The van der Waals surface area contributed by atoms with Gasteiger partial charge in [0.15, 0.2) is 0 Å². The van der Waals surface area contributed by atoms with Gasteiger partial charge in [-0.15, -0.1) is 0 Å². The van der Waals surface area contributed by atoms with E-state index in [9.17, 15) is 33.9 Å². The number of amides is 5. The molecule has 0 aliphatic carbocycles. The first kappa shape index (κ1) is 31.0. The Kier molecular flexibility index (Phi) is 12.7. The Balaban J connectivity index is 3.13. The SMILES string of the molecule is CCC(C)C(NC(=O)C(N)CCC(N)=O)C(=O)NC(Cc1ccccc1)C(=O)NC(CC(N)=O)C(=O)O. The summed E-state index contributed by atoms with van der Waals surface area (Å²) in [7, 11) is 0. The topological polar surface area (TPSA) is 237 Å². The number of hydrogen-bond acceptors (Lipinski definition) is 7. The molecule has 0 saturated carbocycles. The van der Waals surface area contributed by atoms with Gasteiger partial charge in [0.1, 0.15) is 18.1 Å². The highest BCUT2D eigenvalue weighted by molar-refractivity contribution is 5.95. The molecular formula is C24H36N6O7. The molecule has 1 rings (SSSR count). The minimum atomic E-state index is -1.59. The van der Waals surface area contributed by atoms with E-state index < -0.39 is 66.1 Å². The molecule has 1 aromatic rings. The largest absolute Gasteiger partial charge is 0.480 e. The van der Waals surface area contributed by atoms with Crippen LogP contribution in [0.3, 0.4) is 0 Å². The van der Waals surface area contributed by atoms with Crippen molar-refractivity contribution in [2.24, 2.45) is 23.1 Å². The molecule has 0 radical (unpaired) electrons. The molecule has 0 saturated heterocycles. The fraction of sp³-hybridized carbons (Fsp3) is 0.500. The summed E-state index contributed by atoms with van der Waals surface area (Å²) in [5, 5.41) is 16.7. The summed E-state index contributed by atoms with van der Waals surface area (Å²) in [6.07, 6.45) is -0.262. The predicted octanol–water partition coefficient (Wildman–Crippen LogP) is -1.72. The molecule has 1 aromatic carbocycles. The first-order valence-corrected chi connectivity index (χ1v) is 11.9. The molecule has 0 aliphatic heterocycles. The average Bonchev–Trinajstić information content (AvgIpc) is 2.84. The Morgan fingerprint density at radius 3 is 1.97 bits per heavy atom. The molecular weight excluding hydrogens is 484 g/mol. The average molecular weight is 521 g/mol. The molecule has 204 valence electrons. The van der Waals surface area contributed by atoms with Crippen LogP contribution in [0.4, 0.5) is 0 Å². The molecule has 13 heteroatoms. The van der Waals surface area contributed by atoms with Gasteiger partial charge < -0.3 is 38.3 Å².